The molecule has 2 aromatic carbocycles. The number of aryl methyl sites for hydroxylation is 1. The van der Waals surface area contributed by atoms with E-state index in [2.05, 4.69) is 10.6 Å². The Hall–Kier alpha value is -2.45. The minimum absolute atomic E-state index is 0.0529. The number of rotatable bonds is 6. The molecule has 140 valence electrons. The molecule has 0 radical (unpaired) electrons. The van der Waals surface area contributed by atoms with Crippen LogP contribution in [0.1, 0.15) is 16.7 Å². The molecule has 2 amide bonds. The number of urea groups is 1. The van der Waals surface area contributed by atoms with Gasteiger partial charge in [-0.3, -0.25) is 0 Å². The average Bonchev–Trinajstić information content (AvgIpc) is 2.61. The topological polar surface area (TPSA) is 78.5 Å². The van der Waals surface area contributed by atoms with Crippen molar-refractivity contribution in [2.24, 2.45) is 0 Å². The van der Waals surface area contributed by atoms with Gasteiger partial charge in [0, 0.05) is 27.2 Å². The lowest BCUT2D eigenvalue weighted by molar-refractivity contribution is 0.240. The molecule has 0 saturated heterocycles. The molecule has 0 aliphatic heterocycles. The Balaban J connectivity index is 1.99. The molecule has 2 N–H and O–H groups in total. The molecular weight excluding hydrogens is 357 g/mol. The third-order valence-electron chi connectivity index (χ3n) is 3.86. The van der Waals surface area contributed by atoms with Crippen molar-refractivity contribution in [2.75, 3.05) is 14.1 Å². The number of hydrogen-bond acceptors (Lipinski definition) is 3. The van der Waals surface area contributed by atoms with Crippen molar-refractivity contribution in [2.45, 2.75) is 24.9 Å². The summed E-state index contributed by atoms with van der Waals surface area (Å²) in [6, 6.07) is 10.8. The summed E-state index contributed by atoms with van der Waals surface area (Å²) in [5.41, 5.74) is 1.66. The molecule has 8 heteroatoms. The van der Waals surface area contributed by atoms with E-state index in [0.29, 0.717) is 16.7 Å². The Labute approximate surface area is 153 Å². The molecule has 0 saturated carbocycles. The van der Waals surface area contributed by atoms with E-state index in [1.54, 1.807) is 37.3 Å². The molecule has 0 unspecified atom stereocenters. The first-order chi connectivity index (χ1) is 12.2. The number of carbonyl (C=O) groups excluding carboxylic acids is 1. The highest BCUT2D eigenvalue weighted by molar-refractivity contribution is 7.89. The Bertz CT molecular complexity index is 898. The zero-order valence-electron chi connectivity index (χ0n) is 14.9. The lowest BCUT2D eigenvalue weighted by Gasteiger charge is -2.15. The SMILES string of the molecule is Cc1ccc(CNC(=O)NCc2ccccc2S(=O)(=O)N(C)C)cc1F. The highest BCUT2D eigenvalue weighted by Gasteiger charge is 2.20. The second-order valence-corrected chi connectivity index (χ2v) is 8.14. The predicted octanol–water partition coefficient (Wildman–Crippen LogP) is 2.38. The van der Waals surface area contributed by atoms with Crippen LogP contribution >= 0.6 is 0 Å². The van der Waals surface area contributed by atoms with Gasteiger partial charge in [0.2, 0.25) is 10.0 Å². The molecule has 0 heterocycles. The average molecular weight is 379 g/mol. The van der Waals surface area contributed by atoms with Gasteiger partial charge in [-0.15, -0.1) is 0 Å². The number of nitrogens with one attached hydrogen (secondary N) is 2. The monoisotopic (exact) mass is 379 g/mol. The van der Waals surface area contributed by atoms with E-state index in [9.17, 15) is 17.6 Å². The van der Waals surface area contributed by atoms with Crippen LogP contribution in [-0.4, -0.2) is 32.8 Å². The number of halogens is 1. The maximum atomic E-state index is 13.5. The Kier molecular flexibility index (Phi) is 6.33. The minimum Gasteiger partial charge on any atom is -0.334 e. The van der Waals surface area contributed by atoms with Crippen LogP contribution in [0.15, 0.2) is 47.4 Å². The summed E-state index contributed by atoms with van der Waals surface area (Å²) < 4.78 is 39.3. The highest BCUT2D eigenvalue weighted by Crippen LogP contribution is 2.18. The first kappa shape index (κ1) is 19.9. The van der Waals surface area contributed by atoms with Crippen LogP contribution in [0.25, 0.3) is 0 Å². The van der Waals surface area contributed by atoms with Crippen LogP contribution in [0.4, 0.5) is 9.18 Å². The summed E-state index contributed by atoms with van der Waals surface area (Å²) in [6.45, 7) is 1.89. The number of hydrogen-bond donors (Lipinski definition) is 2. The smallest absolute Gasteiger partial charge is 0.315 e. The molecule has 0 bridgehead atoms. The van der Waals surface area contributed by atoms with Crippen molar-refractivity contribution in [3.8, 4) is 0 Å². The third-order valence-corrected chi connectivity index (χ3v) is 5.78. The Morgan fingerprint density at radius 1 is 1.08 bits per heavy atom. The molecule has 0 aliphatic rings. The normalized spacial score (nSPS) is 11.4. The molecule has 0 spiro atoms. The maximum Gasteiger partial charge on any atom is 0.315 e. The van der Waals surface area contributed by atoms with Gasteiger partial charge in [-0.05, 0) is 35.7 Å². The molecule has 0 atom stereocenters. The van der Waals surface area contributed by atoms with Crippen molar-refractivity contribution >= 4 is 16.1 Å². The minimum atomic E-state index is -3.60. The van der Waals surface area contributed by atoms with Gasteiger partial charge >= 0.3 is 6.03 Å². The Morgan fingerprint density at radius 3 is 2.38 bits per heavy atom. The molecule has 0 fully saturated rings. The van der Waals surface area contributed by atoms with Crippen molar-refractivity contribution in [3.05, 3.63) is 65.0 Å². The van der Waals surface area contributed by atoms with E-state index in [0.717, 1.165) is 4.31 Å². The van der Waals surface area contributed by atoms with Crippen LogP contribution in [0.5, 0.6) is 0 Å². The van der Waals surface area contributed by atoms with Crippen molar-refractivity contribution in [1.82, 2.24) is 14.9 Å². The third kappa shape index (κ3) is 4.80. The second-order valence-electron chi connectivity index (χ2n) is 6.01. The zero-order chi connectivity index (χ0) is 19.3. The van der Waals surface area contributed by atoms with Gasteiger partial charge in [-0.25, -0.2) is 21.9 Å². The molecule has 2 rings (SSSR count). The fourth-order valence-electron chi connectivity index (χ4n) is 2.26. The van der Waals surface area contributed by atoms with Crippen molar-refractivity contribution in [1.29, 1.82) is 0 Å². The molecule has 0 aromatic heterocycles. The summed E-state index contributed by atoms with van der Waals surface area (Å²) in [4.78, 5) is 12.1. The van der Waals surface area contributed by atoms with Gasteiger partial charge in [0.15, 0.2) is 0 Å². The van der Waals surface area contributed by atoms with Crippen LogP contribution < -0.4 is 10.6 Å². The standard InChI is InChI=1S/C18H22FN3O3S/c1-13-8-9-14(10-16(13)19)11-20-18(23)21-12-15-6-4-5-7-17(15)26(24,25)22(2)3/h4-10H,11-12H2,1-3H3,(H2,20,21,23). The molecule has 2 aromatic rings. The van der Waals surface area contributed by atoms with E-state index in [-0.39, 0.29) is 23.8 Å². The number of carbonyl (C=O) groups is 1. The van der Waals surface area contributed by atoms with Crippen LogP contribution in [0.2, 0.25) is 0 Å². The van der Waals surface area contributed by atoms with Gasteiger partial charge < -0.3 is 10.6 Å². The summed E-state index contributed by atoms with van der Waals surface area (Å²) in [7, 11) is -0.697. The molecule has 26 heavy (non-hydrogen) atoms. The van der Waals surface area contributed by atoms with E-state index in [4.69, 9.17) is 0 Å². The van der Waals surface area contributed by atoms with Crippen LogP contribution in [0.3, 0.4) is 0 Å². The molecule has 0 aliphatic carbocycles. The summed E-state index contributed by atoms with van der Waals surface area (Å²) in [5.74, 6) is -0.326. The van der Waals surface area contributed by atoms with Gasteiger partial charge in [0.05, 0.1) is 4.90 Å². The predicted molar refractivity (Wildman–Crippen MR) is 97.5 cm³/mol. The quantitative estimate of drug-likeness (QED) is 0.809. The van der Waals surface area contributed by atoms with Gasteiger partial charge in [0.1, 0.15) is 5.82 Å². The van der Waals surface area contributed by atoms with E-state index < -0.39 is 16.1 Å². The van der Waals surface area contributed by atoms with Gasteiger partial charge in [0.25, 0.3) is 0 Å². The number of nitrogens with zero attached hydrogens (tertiary/aromatic N) is 1. The first-order valence-electron chi connectivity index (χ1n) is 7.99. The van der Waals surface area contributed by atoms with E-state index in [1.165, 1.54) is 26.2 Å². The zero-order valence-corrected chi connectivity index (χ0v) is 15.7. The summed E-state index contributed by atoms with van der Waals surface area (Å²) >= 11 is 0. The summed E-state index contributed by atoms with van der Waals surface area (Å²) in [5, 5.41) is 5.24. The molecule has 6 nitrogen and oxygen atoms in total. The fourth-order valence-corrected chi connectivity index (χ4v) is 3.38. The lowest BCUT2D eigenvalue weighted by atomic mass is 10.1. The van der Waals surface area contributed by atoms with Gasteiger partial charge in [-0.2, -0.15) is 0 Å². The maximum absolute atomic E-state index is 13.5. The van der Waals surface area contributed by atoms with Crippen LogP contribution in [-0.2, 0) is 23.1 Å². The van der Waals surface area contributed by atoms with Crippen LogP contribution in [0, 0.1) is 12.7 Å². The number of sulfonamides is 1. The van der Waals surface area contributed by atoms with Crippen molar-refractivity contribution in [3.63, 3.8) is 0 Å². The first-order valence-corrected chi connectivity index (χ1v) is 9.43. The number of amides is 2. The van der Waals surface area contributed by atoms with E-state index >= 15 is 0 Å². The molecular formula is C18H22FN3O3S. The Morgan fingerprint density at radius 2 is 1.73 bits per heavy atom. The second kappa shape index (κ2) is 8.29. The van der Waals surface area contributed by atoms with Gasteiger partial charge in [-0.1, -0.05) is 30.3 Å². The largest absolute Gasteiger partial charge is 0.334 e. The van der Waals surface area contributed by atoms with Crippen molar-refractivity contribution < 1.29 is 17.6 Å². The van der Waals surface area contributed by atoms with E-state index in [1.807, 2.05) is 0 Å². The highest BCUT2D eigenvalue weighted by atomic mass is 32.2. The fraction of sp³-hybridized carbons (Fsp3) is 0.278. The number of benzene rings is 2. The lowest BCUT2D eigenvalue weighted by Crippen LogP contribution is -2.35. The summed E-state index contributed by atoms with van der Waals surface area (Å²) in [6.07, 6.45) is 0.